The lowest BCUT2D eigenvalue weighted by atomic mass is 9.85. The van der Waals surface area contributed by atoms with E-state index in [1.54, 1.807) is 20.3 Å². The molecule has 2 amide bonds. The molecule has 46 heavy (non-hydrogen) atoms. The van der Waals surface area contributed by atoms with Crippen LogP contribution in [0.3, 0.4) is 0 Å². The molecule has 9 heteroatoms. The number of nitrogens with one attached hydrogen (secondary N) is 2. The number of hydrogen-bond donors (Lipinski definition) is 3. The van der Waals surface area contributed by atoms with Crippen LogP contribution in [0, 0.1) is 11.8 Å². The summed E-state index contributed by atoms with van der Waals surface area (Å²) in [5.74, 6) is 1.70. The molecule has 0 bridgehead atoms. The Hall–Kier alpha value is -3.07. The van der Waals surface area contributed by atoms with E-state index in [9.17, 15) is 14.7 Å². The topological polar surface area (TPSA) is 115 Å². The van der Waals surface area contributed by atoms with E-state index in [1.807, 2.05) is 43.7 Å². The lowest BCUT2D eigenvalue weighted by Gasteiger charge is -2.24. The molecule has 262 valence electrons. The molecule has 1 fully saturated rings. The largest absolute Gasteiger partial charge is 0.496 e. The number of methoxy groups -OCH3 is 2. The Bertz CT molecular complexity index is 1100. The Balaban J connectivity index is 0.00000163. The molecule has 1 aliphatic carbocycles. The second-order valence-corrected chi connectivity index (χ2v) is 12.4. The van der Waals surface area contributed by atoms with Gasteiger partial charge in [-0.2, -0.15) is 5.10 Å². The van der Waals surface area contributed by atoms with Gasteiger partial charge in [-0.05, 0) is 49.3 Å². The Morgan fingerprint density at radius 1 is 1.02 bits per heavy atom. The van der Waals surface area contributed by atoms with Crippen LogP contribution in [-0.2, 0) is 11.3 Å². The first kappa shape index (κ1) is 41.0. The average Bonchev–Trinajstić information content (AvgIpc) is 3.49. The van der Waals surface area contributed by atoms with Crippen molar-refractivity contribution in [2.24, 2.45) is 11.8 Å². The lowest BCUT2D eigenvalue weighted by Crippen LogP contribution is -2.41. The van der Waals surface area contributed by atoms with Crippen LogP contribution in [0.4, 0.5) is 0 Å². The van der Waals surface area contributed by atoms with E-state index in [2.05, 4.69) is 38.3 Å². The van der Waals surface area contributed by atoms with Crippen LogP contribution in [0.25, 0.3) is 11.3 Å². The maximum atomic E-state index is 13.6. The fourth-order valence-corrected chi connectivity index (χ4v) is 5.39. The molecule has 1 aromatic carbocycles. The molecular weight excluding hydrogens is 580 g/mol. The maximum Gasteiger partial charge on any atom is 0.272 e. The first-order valence-electron chi connectivity index (χ1n) is 17.7. The van der Waals surface area contributed by atoms with Gasteiger partial charge in [0.2, 0.25) is 5.91 Å². The van der Waals surface area contributed by atoms with Gasteiger partial charge >= 0.3 is 0 Å². The van der Waals surface area contributed by atoms with Gasteiger partial charge < -0.3 is 25.2 Å². The molecule has 1 aromatic heterocycles. The van der Waals surface area contributed by atoms with Gasteiger partial charge in [0.15, 0.2) is 5.69 Å². The summed E-state index contributed by atoms with van der Waals surface area (Å²) in [7, 11) is 3.22. The Morgan fingerprint density at radius 2 is 1.63 bits per heavy atom. The van der Waals surface area contributed by atoms with E-state index < -0.39 is 6.10 Å². The number of carbonyl (C=O) groups is 2. The quantitative estimate of drug-likeness (QED) is 0.172. The molecule has 0 aliphatic heterocycles. The summed E-state index contributed by atoms with van der Waals surface area (Å²) in [5.41, 5.74) is 1.76. The molecule has 9 nitrogen and oxygen atoms in total. The predicted molar refractivity (Wildman–Crippen MR) is 189 cm³/mol. The molecule has 0 spiro atoms. The predicted octanol–water partition coefficient (Wildman–Crippen LogP) is 7.79. The number of nitrogens with zero attached hydrogens (tertiary/aromatic N) is 2. The third kappa shape index (κ3) is 14.1. The molecule has 2 aromatic rings. The van der Waals surface area contributed by atoms with E-state index in [1.165, 1.54) is 44.9 Å². The van der Waals surface area contributed by atoms with Crippen molar-refractivity contribution in [3.63, 3.8) is 0 Å². The van der Waals surface area contributed by atoms with Crippen LogP contribution in [0.1, 0.15) is 130 Å². The van der Waals surface area contributed by atoms with Crippen LogP contribution in [0.5, 0.6) is 11.5 Å². The van der Waals surface area contributed by atoms with Crippen molar-refractivity contribution in [3.8, 4) is 22.8 Å². The summed E-state index contributed by atoms with van der Waals surface area (Å²) < 4.78 is 13.1. The van der Waals surface area contributed by atoms with Gasteiger partial charge in [-0.25, -0.2) is 0 Å². The molecule has 0 radical (unpaired) electrons. The minimum Gasteiger partial charge on any atom is -0.496 e. The van der Waals surface area contributed by atoms with Gasteiger partial charge in [0.1, 0.15) is 11.5 Å². The normalized spacial score (nSPS) is 14.2. The second kappa shape index (κ2) is 23.3. The fraction of sp³-hybridized carbons (Fsp3) is 0.703. The van der Waals surface area contributed by atoms with Crippen molar-refractivity contribution in [2.75, 3.05) is 20.8 Å². The van der Waals surface area contributed by atoms with Crippen molar-refractivity contribution < 1.29 is 24.2 Å². The summed E-state index contributed by atoms with van der Waals surface area (Å²) in [4.78, 5) is 26.3. The van der Waals surface area contributed by atoms with E-state index in [0.717, 1.165) is 24.1 Å². The molecule has 1 saturated carbocycles. The summed E-state index contributed by atoms with van der Waals surface area (Å²) in [6.45, 7) is 15.2. The van der Waals surface area contributed by atoms with Crippen molar-refractivity contribution >= 4 is 11.8 Å². The van der Waals surface area contributed by atoms with E-state index in [4.69, 9.17) is 14.6 Å². The van der Waals surface area contributed by atoms with Crippen LogP contribution in [-0.4, -0.2) is 59.6 Å². The number of carbonyl (C=O) groups excluding carboxylic acids is 2. The summed E-state index contributed by atoms with van der Waals surface area (Å²) >= 11 is 0. The van der Waals surface area contributed by atoms with Gasteiger partial charge in [-0.15, -0.1) is 0 Å². The molecule has 1 heterocycles. The second-order valence-electron chi connectivity index (χ2n) is 12.4. The number of amides is 2. The number of ether oxygens (including phenoxy) is 2. The Morgan fingerprint density at radius 3 is 2.15 bits per heavy atom. The number of aliphatic hydroxyl groups excluding tert-OH is 1. The minimum absolute atomic E-state index is 0.161. The minimum atomic E-state index is -0.574. The van der Waals surface area contributed by atoms with Gasteiger partial charge in [0.05, 0.1) is 31.6 Å². The maximum absolute atomic E-state index is 13.6. The molecule has 2 atom stereocenters. The lowest BCUT2D eigenvalue weighted by molar-refractivity contribution is -0.122. The van der Waals surface area contributed by atoms with E-state index >= 15 is 0 Å². The molecule has 1 aliphatic rings. The zero-order chi connectivity index (χ0) is 34.5. The number of aliphatic hydroxyl groups is 1. The molecule has 0 saturated heterocycles. The molecular formula is C37H64N4O5. The van der Waals surface area contributed by atoms with Gasteiger partial charge in [-0.1, -0.05) is 99.5 Å². The Labute approximate surface area is 279 Å². The number of benzene rings is 1. The zero-order valence-corrected chi connectivity index (χ0v) is 30.3. The van der Waals surface area contributed by atoms with Gasteiger partial charge in [0.25, 0.3) is 5.91 Å². The van der Waals surface area contributed by atoms with Crippen molar-refractivity contribution in [3.05, 3.63) is 30.0 Å². The van der Waals surface area contributed by atoms with Crippen molar-refractivity contribution in [1.29, 1.82) is 0 Å². The number of aromatic nitrogens is 2. The zero-order valence-electron chi connectivity index (χ0n) is 30.3. The average molecular weight is 645 g/mol. The number of unbranched alkanes of at least 4 members (excludes halogenated alkanes) is 1. The van der Waals surface area contributed by atoms with Crippen LogP contribution >= 0.6 is 0 Å². The highest BCUT2D eigenvalue weighted by molar-refractivity contribution is 5.94. The molecule has 3 rings (SSSR count). The van der Waals surface area contributed by atoms with Gasteiger partial charge in [-0.3, -0.25) is 14.3 Å². The standard InChI is InChI=1S/C31H48N4O5.C4H10.C2H6/c1-6-24(36)19-32-29(37)17-23(16-15-22-11-8-7-9-12-22)33-31(38)25-18-26(35(34-25)20-21(2)3)30-27(39-4)13-10-14-28(30)40-5;1-3-4-2;1-2/h10,13-14,18,21-24,36H,6-9,11-12,15-17,19-20H2,1-5H3,(H,32,37)(H,33,38);3-4H2,1-2H3;1-2H3. The summed E-state index contributed by atoms with van der Waals surface area (Å²) in [6, 6.07) is 7.03. The third-order valence-corrected chi connectivity index (χ3v) is 8.16. The van der Waals surface area contributed by atoms with E-state index in [0.29, 0.717) is 36.3 Å². The number of hydrogen-bond acceptors (Lipinski definition) is 6. The smallest absolute Gasteiger partial charge is 0.272 e. The van der Waals surface area contributed by atoms with Gasteiger partial charge in [0, 0.05) is 25.6 Å². The summed E-state index contributed by atoms with van der Waals surface area (Å²) in [6.07, 6.45) is 10.7. The highest BCUT2D eigenvalue weighted by Gasteiger charge is 2.25. The van der Waals surface area contributed by atoms with Crippen LogP contribution < -0.4 is 20.1 Å². The van der Waals surface area contributed by atoms with Crippen molar-refractivity contribution in [1.82, 2.24) is 20.4 Å². The summed E-state index contributed by atoms with van der Waals surface area (Å²) in [5, 5.41) is 20.5. The third-order valence-electron chi connectivity index (χ3n) is 8.16. The Kier molecular flexibility index (Phi) is 20.7. The molecule has 2 unspecified atom stereocenters. The molecule has 3 N–H and O–H groups in total. The van der Waals surface area contributed by atoms with Crippen LogP contribution in [0.15, 0.2) is 24.3 Å². The fourth-order valence-electron chi connectivity index (χ4n) is 5.39. The first-order valence-corrected chi connectivity index (χ1v) is 17.7. The number of rotatable bonds is 16. The van der Waals surface area contributed by atoms with E-state index in [-0.39, 0.29) is 36.5 Å². The van der Waals surface area contributed by atoms with Crippen molar-refractivity contribution in [2.45, 2.75) is 138 Å². The van der Waals surface area contributed by atoms with Crippen LogP contribution in [0.2, 0.25) is 0 Å². The monoisotopic (exact) mass is 644 g/mol. The highest BCUT2D eigenvalue weighted by Crippen LogP contribution is 2.39. The SMILES string of the molecule is CC.CCC(O)CNC(=O)CC(CCC1CCCCC1)NC(=O)c1cc(-c2c(OC)cccc2OC)n(CC(C)C)n1.CCCC. The first-order chi connectivity index (χ1) is 22.2. The highest BCUT2D eigenvalue weighted by atomic mass is 16.5.